The van der Waals surface area contributed by atoms with Crippen LogP contribution >= 0.6 is 0 Å². The van der Waals surface area contributed by atoms with Gasteiger partial charge in [0.05, 0.1) is 25.9 Å². The number of benzene rings is 2. The van der Waals surface area contributed by atoms with Gasteiger partial charge in [0.2, 0.25) is 0 Å². The Hall–Kier alpha value is -3.52. The van der Waals surface area contributed by atoms with E-state index in [4.69, 9.17) is 9.47 Å². The lowest BCUT2D eigenvalue weighted by Gasteiger charge is -2.26. The first-order valence-corrected chi connectivity index (χ1v) is 11.1. The number of carbonyl (C=O) groups excluding carboxylic acids is 1. The van der Waals surface area contributed by atoms with Crippen molar-refractivity contribution in [1.82, 2.24) is 15.1 Å². The second-order valence-corrected chi connectivity index (χ2v) is 8.03. The molecular weight excluding hydrogens is 422 g/mol. The molecule has 3 aromatic rings. The predicted octanol–water partition coefficient (Wildman–Crippen LogP) is 3.73. The number of nitrogens with zero attached hydrogens (tertiary/aromatic N) is 2. The zero-order valence-corrected chi connectivity index (χ0v) is 19.3. The van der Waals surface area contributed by atoms with Crippen LogP contribution in [0, 0.1) is 13.8 Å². The van der Waals surface area contributed by atoms with E-state index in [2.05, 4.69) is 10.2 Å². The Morgan fingerprint density at radius 3 is 2.48 bits per heavy atom. The summed E-state index contributed by atoms with van der Waals surface area (Å²) in [6.45, 7) is 8.56. The zero-order valence-electron chi connectivity index (χ0n) is 19.3. The van der Waals surface area contributed by atoms with E-state index in [1.54, 1.807) is 11.0 Å². The maximum atomic E-state index is 13.2. The number of phenols is 1. The van der Waals surface area contributed by atoms with Crippen molar-refractivity contribution in [2.45, 2.75) is 33.7 Å². The molecule has 8 heteroatoms. The molecule has 1 atom stereocenters. The number of hydrogen-bond donors (Lipinski definition) is 3. The van der Waals surface area contributed by atoms with E-state index in [1.165, 1.54) is 0 Å². The van der Waals surface area contributed by atoms with Crippen molar-refractivity contribution >= 4 is 5.91 Å². The second kappa shape index (κ2) is 9.15. The standard InChI is InChI=1S/C25H29N3O5/c1-5-32-18-8-7-16(13-19(18)33-6-2)24-21-22(20-15(4)11-14(3)12-17(20)30)26-27-23(21)25(31)28(24)9-10-29/h7-8,11-13,24,29-30H,5-6,9-10H2,1-4H3,(H,26,27)/t24-/m0/s1. The van der Waals surface area contributed by atoms with E-state index in [9.17, 15) is 15.0 Å². The fourth-order valence-electron chi connectivity index (χ4n) is 4.56. The summed E-state index contributed by atoms with van der Waals surface area (Å²) in [5.41, 5.74) is 4.72. The molecule has 0 unspecified atom stereocenters. The topological polar surface area (TPSA) is 108 Å². The van der Waals surface area contributed by atoms with Crippen LogP contribution in [0.2, 0.25) is 0 Å². The number of aliphatic hydroxyl groups is 1. The molecule has 1 aliphatic heterocycles. The number of rotatable bonds is 8. The van der Waals surface area contributed by atoms with Crippen molar-refractivity contribution in [2.75, 3.05) is 26.4 Å². The van der Waals surface area contributed by atoms with Gasteiger partial charge in [-0.25, -0.2) is 0 Å². The molecular formula is C25H29N3O5. The fourth-order valence-corrected chi connectivity index (χ4v) is 4.56. The van der Waals surface area contributed by atoms with Crippen LogP contribution in [0.5, 0.6) is 17.2 Å². The monoisotopic (exact) mass is 451 g/mol. The Labute approximate surface area is 192 Å². The molecule has 0 aliphatic carbocycles. The molecule has 2 heterocycles. The van der Waals surface area contributed by atoms with Crippen LogP contribution < -0.4 is 9.47 Å². The lowest BCUT2D eigenvalue weighted by Crippen LogP contribution is -2.32. The molecule has 0 radical (unpaired) electrons. The Kier molecular flexibility index (Phi) is 6.29. The van der Waals surface area contributed by atoms with Crippen LogP contribution in [0.25, 0.3) is 11.3 Å². The molecule has 0 saturated carbocycles. The van der Waals surface area contributed by atoms with Crippen LogP contribution in [0.1, 0.15) is 52.6 Å². The van der Waals surface area contributed by atoms with Gasteiger partial charge in [0.25, 0.3) is 5.91 Å². The molecule has 0 bridgehead atoms. The van der Waals surface area contributed by atoms with E-state index in [-0.39, 0.29) is 24.8 Å². The van der Waals surface area contributed by atoms with E-state index in [0.29, 0.717) is 47.2 Å². The Bertz CT molecular complexity index is 1160. The van der Waals surface area contributed by atoms with Gasteiger partial charge >= 0.3 is 0 Å². The third kappa shape index (κ3) is 3.91. The first-order chi connectivity index (χ1) is 15.9. The van der Waals surface area contributed by atoms with Crippen LogP contribution in [0.15, 0.2) is 30.3 Å². The number of H-pyrrole nitrogens is 1. The highest BCUT2D eigenvalue weighted by Gasteiger charge is 2.42. The fraction of sp³-hybridized carbons (Fsp3) is 0.360. The highest BCUT2D eigenvalue weighted by molar-refractivity contribution is 6.00. The van der Waals surface area contributed by atoms with Crippen LogP contribution in [-0.2, 0) is 0 Å². The maximum Gasteiger partial charge on any atom is 0.273 e. The number of β-amino-alcohol motifs (C(OH)–C–C–N with tert-alkyl or cyclic N) is 1. The van der Waals surface area contributed by atoms with Crippen molar-refractivity contribution in [3.8, 4) is 28.5 Å². The number of ether oxygens (including phenoxy) is 2. The minimum atomic E-state index is -0.511. The average Bonchev–Trinajstić information content (AvgIpc) is 3.29. The highest BCUT2D eigenvalue weighted by Crippen LogP contribution is 2.46. The number of fused-ring (bicyclic) bond motifs is 1. The van der Waals surface area contributed by atoms with Crippen LogP contribution in [-0.4, -0.2) is 57.6 Å². The number of aliphatic hydroxyl groups excluding tert-OH is 1. The number of aromatic nitrogens is 2. The van der Waals surface area contributed by atoms with Crippen molar-refractivity contribution in [2.24, 2.45) is 0 Å². The highest BCUT2D eigenvalue weighted by atomic mass is 16.5. The normalized spacial score (nSPS) is 15.1. The van der Waals surface area contributed by atoms with Crippen LogP contribution in [0.3, 0.4) is 0 Å². The van der Waals surface area contributed by atoms with Gasteiger partial charge in [0.1, 0.15) is 17.1 Å². The Morgan fingerprint density at radius 2 is 1.82 bits per heavy atom. The lowest BCUT2D eigenvalue weighted by atomic mass is 9.93. The molecule has 174 valence electrons. The molecule has 4 rings (SSSR count). The summed E-state index contributed by atoms with van der Waals surface area (Å²) >= 11 is 0. The molecule has 1 aromatic heterocycles. The molecule has 3 N–H and O–H groups in total. The first-order valence-electron chi connectivity index (χ1n) is 11.1. The van der Waals surface area contributed by atoms with Gasteiger partial charge in [0, 0.05) is 17.7 Å². The van der Waals surface area contributed by atoms with Crippen molar-refractivity contribution in [1.29, 1.82) is 0 Å². The summed E-state index contributed by atoms with van der Waals surface area (Å²) in [6, 6.07) is 8.73. The molecule has 0 spiro atoms. The number of aryl methyl sites for hydroxylation is 2. The minimum Gasteiger partial charge on any atom is -0.507 e. The largest absolute Gasteiger partial charge is 0.507 e. The van der Waals surface area contributed by atoms with E-state index in [1.807, 2.05) is 52.0 Å². The molecule has 33 heavy (non-hydrogen) atoms. The number of aromatic hydroxyl groups is 1. The van der Waals surface area contributed by atoms with E-state index >= 15 is 0 Å². The summed E-state index contributed by atoms with van der Waals surface area (Å²) in [5.74, 6) is 1.07. The van der Waals surface area contributed by atoms with Crippen molar-refractivity contribution in [3.05, 3.63) is 58.3 Å². The number of aromatic amines is 1. The Balaban J connectivity index is 1.91. The SMILES string of the molecule is CCOc1ccc([C@H]2c3c(-c4c(C)cc(C)cc4O)n[nH]c3C(=O)N2CCO)cc1OCC. The predicted molar refractivity (Wildman–Crippen MR) is 124 cm³/mol. The summed E-state index contributed by atoms with van der Waals surface area (Å²) in [4.78, 5) is 14.9. The van der Waals surface area contributed by atoms with Gasteiger partial charge in [-0.3, -0.25) is 9.89 Å². The van der Waals surface area contributed by atoms with Gasteiger partial charge in [0.15, 0.2) is 11.5 Å². The van der Waals surface area contributed by atoms with Gasteiger partial charge in [-0.2, -0.15) is 5.10 Å². The van der Waals surface area contributed by atoms with Gasteiger partial charge < -0.3 is 24.6 Å². The minimum absolute atomic E-state index is 0.107. The number of nitrogens with one attached hydrogen (secondary N) is 1. The molecule has 0 fully saturated rings. The molecule has 1 aliphatic rings. The number of carbonyl (C=O) groups is 1. The quantitative estimate of drug-likeness (QED) is 0.482. The third-order valence-electron chi connectivity index (χ3n) is 5.78. The van der Waals surface area contributed by atoms with Gasteiger partial charge in [-0.1, -0.05) is 12.1 Å². The maximum absolute atomic E-state index is 13.2. The lowest BCUT2D eigenvalue weighted by molar-refractivity contribution is 0.0706. The molecule has 2 aromatic carbocycles. The number of hydrogen-bond acceptors (Lipinski definition) is 6. The first kappa shape index (κ1) is 22.7. The third-order valence-corrected chi connectivity index (χ3v) is 5.78. The van der Waals surface area contributed by atoms with E-state index in [0.717, 1.165) is 16.7 Å². The molecule has 0 saturated heterocycles. The smallest absolute Gasteiger partial charge is 0.273 e. The summed E-state index contributed by atoms with van der Waals surface area (Å²) in [6.07, 6.45) is 0. The zero-order chi connectivity index (χ0) is 23.7. The van der Waals surface area contributed by atoms with Crippen molar-refractivity contribution < 1.29 is 24.5 Å². The summed E-state index contributed by atoms with van der Waals surface area (Å²) in [7, 11) is 0. The van der Waals surface area contributed by atoms with Crippen molar-refractivity contribution in [3.63, 3.8) is 0 Å². The molecule has 8 nitrogen and oxygen atoms in total. The van der Waals surface area contributed by atoms with E-state index < -0.39 is 6.04 Å². The molecule has 1 amide bonds. The second-order valence-electron chi connectivity index (χ2n) is 8.03. The van der Waals surface area contributed by atoms with Crippen LogP contribution in [0.4, 0.5) is 0 Å². The number of amides is 1. The summed E-state index contributed by atoms with van der Waals surface area (Å²) in [5, 5.41) is 27.7. The van der Waals surface area contributed by atoms with Gasteiger partial charge in [-0.15, -0.1) is 0 Å². The average molecular weight is 452 g/mol. The summed E-state index contributed by atoms with van der Waals surface area (Å²) < 4.78 is 11.5. The Morgan fingerprint density at radius 1 is 1.09 bits per heavy atom. The number of phenolic OH excluding ortho intramolecular Hbond substituents is 1. The van der Waals surface area contributed by atoms with Gasteiger partial charge in [-0.05, 0) is 62.6 Å².